The summed E-state index contributed by atoms with van der Waals surface area (Å²) in [5, 5.41) is 7.03. The smallest absolute Gasteiger partial charge is 0.229 e. The van der Waals surface area contributed by atoms with E-state index in [1.165, 1.54) is 0 Å². The van der Waals surface area contributed by atoms with Crippen LogP contribution in [0, 0.1) is 5.41 Å². The fraction of sp³-hybridized carbons (Fsp3) is 0.320. The number of hydrogen-bond acceptors (Lipinski definition) is 4. The number of anilines is 2. The first-order chi connectivity index (χ1) is 15.7. The van der Waals surface area contributed by atoms with Gasteiger partial charge in [-0.3, -0.25) is 9.78 Å². The quantitative estimate of drug-likeness (QED) is 0.540. The minimum absolute atomic E-state index is 0.0798. The average Bonchev–Trinajstić information content (AvgIpc) is 3.36. The van der Waals surface area contributed by atoms with E-state index in [0.717, 1.165) is 17.1 Å². The maximum atomic E-state index is 12.5. The Labute approximate surface area is 199 Å². The predicted octanol–water partition coefficient (Wildman–Crippen LogP) is 4.59. The summed E-state index contributed by atoms with van der Waals surface area (Å²) in [4.78, 5) is 19.2. The van der Waals surface area contributed by atoms with Crippen LogP contribution in [0.3, 0.4) is 0 Å². The summed E-state index contributed by atoms with van der Waals surface area (Å²) in [5.41, 5.74) is 2.98. The van der Waals surface area contributed by atoms with Crippen molar-refractivity contribution in [1.82, 2.24) is 14.9 Å². The van der Waals surface area contributed by atoms with Gasteiger partial charge in [0.2, 0.25) is 5.91 Å². The molecule has 4 rings (SSSR count). The minimum Gasteiger partial charge on any atom is -0.494 e. The van der Waals surface area contributed by atoms with Crippen molar-refractivity contribution in [3.63, 3.8) is 0 Å². The third-order valence-electron chi connectivity index (χ3n) is 5.78. The number of benzene rings is 1. The van der Waals surface area contributed by atoms with Crippen LogP contribution >= 0.6 is 12.2 Å². The Morgan fingerprint density at radius 1 is 1.18 bits per heavy atom. The Kier molecular flexibility index (Phi) is 6.12. The first-order valence-electron chi connectivity index (χ1n) is 10.8. The molecule has 0 saturated carbocycles. The average molecular weight is 464 g/mol. The van der Waals surface area contributed by atoms with Gasteiger partial charge in [0.05, 0.1) is 24.5 Å². The Morgan fingerprint density at radius 3 is 2.58 bits per heavy atom. The van der Waals surface area contributed by atoms with E-state index in [2.05, 4.69) is 31.2 Å². The lowest BCUT2D eigenvalue weighted by molar-refractivity contribution is -0.123. The standard InChI is InChI=1S/C25H29N5O2S/c1-25(2,3)23(31)27-17-12-11-16(15-20(17)32-5)30-22(19-10-8-14-29(19)4)21(28-24(30)33)18-9-6-7-13-26-18/h6-15,21-22H,1-5H3,(H,27,31)(H,28,33)/t21-,22+/m1/s1. The number of methoxy groups -OCH3 is 1. The van der Waals surface area contributed by atoms with Gasteiger partial charge in [-0.05, 0) is 48.6 Å². The first kappa shape index (κ1) is 22.8. The van der Waals surface area contributed by atoms with Gasteiger partial charge in [-0.15, -0.1) is 0 Å². The minimum atomic E-state index is -0.516. The second-order valence-electron chi connectivity index (χ2n) is 9.13. The number of carbonyl (C=O) groups is 1. The molecule has 3 aromatic rings. The maximum Gasteiger partial charge on any atom is 0.229 e. The van der Waals surface area contributed by atoms with Crippen LogP contribution in [0.15, 0.2) is 60.9 Å². The molecule has 1 aliphatic heterocycles. The van der Waals surface area contributed by atoms with Crippen LogP contribution in [0.25, 0.3) is 0 Å². The molecule has 0 radical (unpaired) electrons. The summed E-state index contributed by atoms with van der Waals surface area (Å²) < 4.78 is 7.73. The molecule has 2 N–H and O–H groups in total. The molecule has 0 spiro atoms. The number of nitrogens with one attached hydrogen (secondary N) is 2. The summed E-state index contributed by atoms with van der Waals surface area (Å²) in [6.07, 6.45) is 3.82. The summed E-state index contributed by atoms with van der Waals surface area (Å²) in [6.45, 7) is 5.62. The Bertz CT molecular complexity index is 1170. The molecule has 33 heavy (non-hydrogen) atoms. The van der Waals surface area contributed by atoms with Crippen LogP contribution in [-0.2, 0) is 11.8 Å². The molecule has 172 valence electrons. The number of hydrogen-bond donors (Lipinski definition) is 2. The van der Waals surface area contributed by atoms with E-state index >= 15 is 0 Å². The summed E-state index contributed by atoms with van der Waals surface area (Å²) >= 11 is 5.79. The van der Waals surface area contributed by atoms with Gasteiger partial charge in [-0.25, -0.2) is 0 Å². The molecule has 1 amide bonds. The van der Waals surface area contributed by atoms with Crippen molar-refractivity contribution >= 4 is 34.6 Å². The highest BCUT2D eigenvalue weighted by Gasteiger charge is 2.42. The number of ether oxygens (including phenoxy) is 1. The highest BCUT2D eigenvalue weighted by atomic mass is 32.1. The molecular weight excluding hydrogens is 434 g/mol. The molecule has 1 aliphatic rings. The molecule has 1 saturated heterocycles. The van der Waals surface area contributed by atoms with Crippen molar-refractivity contribution in [2.24, 2.45) is 12.5 Å². The predicted molar refractivity (Wildman–Crippen MR) is 134 cm³/mol. The zero-order valence-corrected chi connectivity index (χ0v) is 20.3. The molecule has 2 atom stereocenters. The van der Waals surface area contributed by atoms with E-state index in [-0.39, 0.29) is 18.0 Å². The van der Waals surface area contributed by atoms with Crippen LogP contribution in [0.2, 0.25) is 0 Å². The second-order valence-corrected chi connectivity index (χ2v) is 9.52. The number of nitrogens with zero attached hydrogens (tertiary/aromatic N) is 3. The van der Waals surface area contributed by atoms with E-state index < -0.39 is 5.41 Å². The molecular formula is C25H29N5O2S. The third-order valence-corrected chi connectivity index (χ3v) is 6.09. The number of rotatable bonds is 5. The number of aromatic nitrogens is 2. The molecule has 7 nitrogen and oxygen atoms in total. The monoisotopic (exact) mass is 463 g/mol. The highest BCUT2D eigenvalue weighted by Crippen LogP contribution is 2.43. The van der Waals surface area contributed by atoms with Crippen LogP contribution in [-0.4, -0.2) is 27.7 Å². The zero-order chi connectivity index (χ0) is 23.8. The third kappa shape index (κ3) is 4.43. The van der Waals surface area contributed by atoms with Crippen molar-refractivity contribution in [3.8, 4) is 5.75 Å². The Balaban J connectivity index is 1.75. The fourth-order valence-electron chi connectivity index (χ4n) is 3.96. The van der Waals surface area contributed by atoms with Crippen LogP contribution in [0.4, 0.5) is 11.4 Å². The molecule has 1 fully saturated rings. The first-order valence-corrected chi connectivity index (χ1v) is 11.2. The summed E-state index contributed by atoms with van der Waals surface area (Å²) in [7, 11) is 3.62. The lowest BCUT2D eigenvalue weighted by Crippen LogP contribution is -2.30. The van der Waals surface area contributed by atoms with Gasteiger partial charge >= 0.3 is 0 Å². The van der Waals surface area contributed by atoms with Gasteiger partial charge < -0.3 is 24.8 Å². The Hall–Kier alpha value is -3.39. The van der Waals surface area contributed by atoms with E-state index in [1.807, 2.05) is 76.5 Å². The lowest BCUT2D eigenvalue weighted by atomic mass is 9.95. The number of thiocarbonyl (C=S) groups is 1. The fourth-order valence-corrected chi connectivity index (χ4v) is 4.30. The van der Waals surface area contributed by atoms with Crippen molar-refractivity contribution in [3.05, 3.63) is 72.3 Å². The van der Waals surface area contributed by atoms with Gasteiger partial charge in [-0.2, -0.15) is 0 Å². The lowest BCUT2D eigenvalue weighted by Gasteiger charge is -2.29. The molecule has 8 heteroatoms. The molecule has 1 aromatic carbocycles. The molecule has 0 unspecified atom stereocenters. The molecule has 0 bridgehead atoms. The normalized spacial score (nSPS) is 18.2. The van der Waals surface area contributed by atoms with Crippen molar-refractivity contribution in [1.29, 1.82) is 0 Å². The van der Waals surface area contributed by atoms with Crippen LogP contribution in [0.5, 0.6) is 5.75 Å². The van der Waals surface area contributed by atoms with Gasteiger partial charge in [0.25, 0.3) is 0 Å². The molecule has 0 aliphatic carbocycles. The highest BCUT2D eigenvalue weighted by molar-refractivity contribution is 7.80. The summed E-state index contributed by atoms with van der Waals surface area (Å²) in [5.74, 6) is 0.489. The van der Waals surface area contributed by atoms with E-state index in [4.69, 9.17) is 17.0 Å². The number of pyridine rings is 1. The van der Waals surface area contributed by atoms with Crippen molar-refractivity contribution < 1.29 is 9.53 Å². The van der Waals surface area contributed by atoms with Gasteiger partial charge in [0.1, 0.15) is 11.8 Å². The van der Waals surface area contributed by atoms with Crippen molar-refractivity contribution in [2.45, 2.75) is 32.9 Å². The Morgan fingerprint density at radius 2 is 1.97 bits per heavy atom. The van der Waals surface area contributed by atoms with E-state index in [0.29, 0.717) is 16.5 Å². The summed E-state index contributed by atoms with van der Waals surface area (Å²) in [6, 6.07) is 15.5. The maximum absolute atomic E-state index is 12.5. The molecule has 3 heterocycles. The zero-order valence-electron chi connectivity index (χ0n) is 19.5. The van der Waals surface area contributed by atoms with Crippen LogP contribution < -0.4 is 20.3 Å². The van der Waals surface area contributed by atoms with Crippen LogP contribution in [0.1, 0.15) is 44.2 Å². The van der Waals surface area contributed by atoms with E-state index in [9.17, 15) is 4.79 Å². The largest absolute Gasteiger partial charge is 0.494 e. The molecule has 2 aromatic heterocycles. The second kappa shape index (κ2) is 8.86. The van der Waals surface area contributed by atoms with Crippen molar-refractivity contribution in [2.75, 3.05) is 17.3 Å². The van der Waals surface area contributed by atoms with Gasteiger partial charge in [0, 0.05) is 42.3 Å². The topological polar surface area (TPSA) is 71.4 Å². The number of amides is 1. The van der Waals surface area contributed by atoms with E-state index in [1.54, 1.807) is 13.3 Å². The SMILES string of the molecule is COc1cc(N2C(=S)N[C@H](c3ccccn3)[C@@H]2c2cccn2C)ccc1NC(=O)C(C)(C)C. The number of carbonyl (C=O) groups excluding carboxylic acids is 1. The van der Waals surface area contributed by atoms with Gasteiger partial charge in [-0.1, -0.05) is 26.8 Å². The van der Waals surface area contributed by atoms with Gasteiger partial charge in [0.15, 0.2) is 5.11 Å². The number of aryl methyl sites for hydroxylation is 1.